The molecule has 0 aliphatic carbocycles. The summed E-state index contributed by atoms with van der Waals surface area (Å²) < 4.78 is 64.5. The minimum absolute atomic E-state index is 0.0241. The van der Waals surface area contributed by atoms with Crippen molar-refractivity contribution in [3.05, 3.63) is 34.9 Å². The average Bonchev–Trinajstić information content (AvgIpc) is 2.47. The van der Waals surface area contributed by atoms with Crippen molar-refractivity contribution in [2.75, 3.05) is 12.9 Å². The molecule has 0 bridgehead atoms. The molecule has 1 saturated heterocycles. The first-order valence-corrected chi connectivity index (χ1v) is 7.36. The Morgan fingerprint density at radius 1 is 1.26 bits per heavy atom. The highest BCUT2D eigenvalue weighted by atomic mass is 35.5. The minimum atomic E-state index is -5.11. The van der Waals surface area contributed by atoms with Crippen LogP contribution < -0.4 is 5.32 Å². The van der Waals surface area contributed by atoms with Gasteiger partial charge in [0.15, 0.2) is 0 Å². The van der Waals surface area contributed by atoms with Gasteiger partial charge in [0.2, 0.25) is 0 Å². The van der Waals surface area contributed by atoms with Gasteiger partial charge in [-0.25, -0.2) is 8.78 Å². The molecule has 1 aromatic carbocycles. The van der Waals surface area contributed by atoms with Gasteiger partial charge < -0.3 is 10.4 Å². The van der Waals surface area contributed by atoms with E-state index in [1.54, 1.807) is 0 Å². The first-order chi connectivity index (χ1) is 10.7. The number of halogens is 6. The van der Waals surface area contributed by atoms with E-state index in [-0.39, 0.29) is 12.0 Å². The van der Waals surface area contributed by atoms with Crippen LogP contribution >= 0.6 is 11.6 Å². The van der Waals surface area contributed by atoms with Gasteiger partial charge in [-0.1, -0.05) is 0 Å². The van der Waals surface area contributed by atoms with E-state index in [0.29, 0.717) is 25.1 Å². The summed E-state index contributed by atoms with van der Waals surface area (Å²) in [5, 5.41) is 11.8. The van der Waals surface area contributed by atoms with Gasteiger partial charge in [-0.2, -0.15) is 13.2 Å². The van der Waals surface area contributed by atoms with Crippen molar-refractivity contribution in [1.29, 1.82) is 0 Å². The standard InChI is InChI=1S/C13H12F5NO2.CH3Cl/c14-8-3-7(4-9(15)11(8)13(16,17)18)10-5-6(12(20)21)1-2-19-10;1-2/h3-4,6,10,19H,1-2,5H2,(H,20,21);1H3. The third kappa shape index (κ3) is 4.78. The number of hydrogen-bond acceptors (Lipinski definition) is 2. The van der Waals surface area contributed by atoms with Crippen molar-refractivity contribution < 1.29 is 31.9 Å². The Hall–Kier alpha value is -1.41. The lowest BCUT2D eigenvalue weighted by Gasteiger charge is -2.28. The van der Waals surface area contributed by atoms with Gasteiger partial charge in [0.25, 0.3) is 0 Å². The first kappa shape index (κ1) is 19.6. The zero-order valence-corrected chi connectivity index (χ0v) is 12.8. The molecule has 3 nitrogen and oxygen atoms in total. The quantitative estimate of drug-likeness (QED) is 0.620. The van der Waals surface area contributed by atoms with Crippen molar-refractivity contribution in [3.63, 3.8) is 0 Å². The Labute approximate surface area is 134 Å². The molecule has 23 heavy (non-hydrogen) atoms. The highest BCUT2D eigenvalue weighted by molar-refractivity contribution is 6.15. The normalized spacial score (nSPS) is 21.3. The lowest BCUT2D eigenvalue weighted by atomic mass is 9.88. The summed E-state index contributed by atoms with van der Waals surface area (Å²) in [6.07, 6.45) is -3.21. The van der Waals surface area contributed by atoms with Crippen LogP contribution in [0, 0.1) is 17.6 Å². The lowest BCUT2D eigenvalue weighted by Crippen LogP contribution is -2.35. The topological polar surface area (TPSA) is 49.3 Å². The van der Waals surface area contributed by atoms with Crippen molar-refractivity contribution in [1.82, 2.24) is 5.32 Å². The molecular weight excluding hydrogens is 345 g/mol. The van der Waals surface area contributed by atoms with Crippen molar-refractivity contribution >= 4 is 17.6 Å². The summed E-state index contributed by atoms with van der Waals surface area (Å²) >= 11 is 4.64. The molecule has 0 aromatic heterocycles. The molecule has 2 rings (SSSR count). The SMILES string of the molecule is CCl.O=C(O)C1CCNC(c2cc(F)c(C(F)(F)F)c(F)c2)C1. The summed E-state index contributed by atoms with van der Waals surface area (Å²) in [5.41, 5.74) is -1.96. The van der Waals surface area contributed by atoms with E-state index in [1.807, 2.05) is 0 Å². The van der Waals surface area contributed by atoms with E-state index in [2.05, 4.69) is 16.9 Å². The van der Waals surface area contributed by atoms with Gasteiger partial charge in [0.1, 0.15) is 17.2 Å². The Bertz CT molecular complexity index is 542. The average molecular weight is 360 g/mol. The van der Waals surface area contributed by atoms with E-state index in [4.69, 9.17) is 5.11 Å². The number of carbonyl (C=O) groups is 1. The summed E-state index contributed by atoms with van der Waals surface area (Å²) in [4.78, 5) is 10.9. The van der Waals surface area contributed by atoms with Crippen LogP contribution in [-0.4, -0.2) is 24.0 Å². The van der Waals surface area contributed by atoms with Gasteiger partial charge in [-0.05, 0) is 37.1 Å². The highest BCUT2D eigenvalue weighted by Gasteiger charge is 2.38. The molecule has 1 fully saturated rings. The number of benzene rings is 1. The number of aliphatic carboxylic acids is 1. The van der Waals surface area contributed by atoms with Gasteiger partial charge in [-0.15, -0.1) is 11.6 Å². The van der Waals surface area contributed by atoms with Crippen LogP contribution in [0.2, 0.25) is 0 Å². The number of nitrogens with one attached hydrogen (secondary N) is 1. The molecule has 2 N–H and O–H groups in total. The van der Waals surface area contributed by atoms with Crippen LogP contribution in [0.15, 0.2) is 12.1 Å². The van der Waals surface area contributed by atoms with E-state index in [9.17, 15) is 26.7 Å². The second kappa shape index (κ2) is 7.92. The summed E-state index contributed by atoms with van der Waals surface area (Å²) in [6, 6.07) is 0.521. The van der Waals surface area contributed by atoms with E-state index < -0.39 is 41.3 Å². The molecule has 0 saturated carbocycles. The number of alkyl halides is 4. The Morgan fingerprint density at radius 3 is 2.22 bits per heavy atom. The summed E-state index contributed by atoms with van der Waals surface area (Å²) in [7, 11) is 0. The van der Waals surface area contributed by atoms with Gasteiger partial charge in [0.05, 0.1) is 5.92 Å². The fourth-order valence-corrected chi connectivity index (χ4v) is 2.46. The molecule has 1 aliphatic heterocycles. The van der Waals surface area contributed by atoms with Crippen molar-refractivity contribution in [3.8, 4) is 0 Å². The fourth-order valence-electron chi connectivity index (χ4n) is 2.46. The minimum Gasteiger partial charge on any atom is -0.481 e. The molecule has 1 heterocycles. The van der Waals surface area contributed by atoms with Crippen molar-refractivity contribution in [2.45, 2.75) is 25.1 Å². The molecule has 0 amide bonds. The predicted octanol–water partition coefficient (Wildman–Crippen LogP) is 3.96. The van der Waals surface area contributed by atoms with Gasteiger partial charge in [-0.3, -0.25) is 4.79 Å². The molecule has 1 aliphatic rings. The molecule has 0 spiro atoms. The number of carboxylic acids is 1. The first-order valence-electron chi connectivity index (χ1n) is 6.60. The smallest absolute Gasteiger partial charge is 0.422 e. The Balaban J connectivity index is 0.00000127. The number of rotatable bonds is 2. The monoisotopic (exact) mass is 359 g/mol. The van der Waals surface area contributed by atoms with Crippen LogP contribution in [0.3, 0.4) is 0 Å². The van der Waals surface area contributed by atoms with Crippen LogP contribution in [-0.2, 0) is 11.0 Å². The fraction of sp³-hybridized carbons (Fsp3) is 0.500. The second-order valence-electron chi connectivity index (χ2n) is 4.92. The molecular formula is C14H15ClF5NO2. The van der Waals surface area contributed by atoms with E-state index >= 15 is 0 Å². The largest absolute Gasteiger partial charge is 0.481 e. The van der Waals surface area contributed by atoms with E-state index in [0.717, 1.165) is 0 Å². The molecule has 2 unspecified atom stereocenters. The van der Waals surface area contributed by atoms with Gasteiger partial charge >= 0.3 is 12.1 Å². The maximum atomic E-state index is 13.5. The number of carboxylic acid groups (broad SMARTS) is 1. The third-order valence-corrected chi connectivity index (χ3v) is 3.50. The lowest BCUT2D eigenvalue weighted by molar-refractivity contribution is -0.143. The Morgan fingerprint density at radius 2 is 1.78 bits per heavy atom. The molecule has 0 radical (unpaired) electrons. The molecule has 2 atom stereocenters. The third-order valence-electron chi connectivity index (χ3n) is 3.50. The number of piperidine rings is 1. The summed E-state index contributed by atoms with van der Waals surface area (Å²) in [6.45, 7) is 0.311. The Kier molecular flexibility index (Phi) is 6.76. The maximum Gasteiger partial charge on any atom is 0.422 e. The van der Waals surface area contributed by atoms with Crippen LogP contribution in [0.4, 0.5) is 22.0 Å². The molecule has 9 heteroatoms. The highest BCUT2D eigenvalue weighted by Crippen LogP contribution is 2.36. The zero-order valence-electron chi connectivity index (χ0n) is 12.1. The van der Waals surface area contributed by atoms with Crippen LogP contribution in [0.5, 0.6) is 0 Å². The van der Waals surface area contributed by atoms with Crippen LogP contribution in [0.25, 0.3) is 0 Å². The summed E-state index contributed by atoms with van der Waals surface area (Å²) in [5.74, 6) is -5.12. The maximum absolute atomic E-state index is 13.5. The zero-order chi connectivity index (χ0) is 17.8. The predicted molar refractivity (Wildman–Crippen MR) is 74.2 cm³/mol. The van der Waals surface area contributed by atoms with Crippen LogP contribution in [0.1, 0.15) is 30.0 Å². The van der Waals surface area contributed by atoms with Gasteiger partial charge in [0, 0.05) is 12.4 Å². The molecule has 1 aromatic rings. The second-order valence-corrected chi connectivity index (χ2v) is 4.92. The number of hydrogen-bond donors (Lipinski definition) is 2. The van der Waals surface area contributed by atoms with Crippen molar-refractivity contribution in [2.24, 2.45) is 5.92 Å². The molecule has 130 valence electrons. The van der Waals surface area contributed by atoms with E-state index in [1.165, 1.54) is 6.38 Å².